The summed E-state index contributed by atoms with van der Waals surface area (Å²) in [5, 5.41) is 19.3. The largest absolute Gasteiger partial charge is 0.506 e. The molecule has 0 aromatic heterocycles. The quantitative estimate of drug-likeness (QED) is 0.741. The molecule has 27 heavy (non-hydrogen) atoms. The Bertz CT molecular complexity index is 987. The van der Waals surface area contributed by atoms with E-state index in [0.29, 0.717) is 27.9 Å². The first kappa shape index (κ1) is 19.0. The van der Waals surface area contributed by atoms with E-state index in [4.69, 9.17) is 16.7 Å². The number of carbonyl (C=O) groups is 2. The Morgan fingerprint density at radius 3 is 2.74 bits per heavy atom. The third-order valence-corrected chi connectivity index (χ3v) is 5.10. The van der Waals surface area contributed by atoms with Gasteiger partial charge >= 0.3 is 5.97 Å². The molecule has 0 unspecified atom stereocenters. The lowest BCUT2D eigenvalue weighted by Gasteiger charge is -2.12. The van der Waals surface area contributed by atoms with Crippen molar-refractivity contribution in [2.75, 3.05) is 6.54 Å². The summed E-state index contributed by atoms with van der Waals surface area (Å²) in [5.74, 6) is -1.26. The summed E-state index contributed by atoms with van der Waals surface area (Å²) in [6.45, 7) is 2.26. The van der Waals surface area contributed by atoms with Crippen molar-refractivity contribution < 1.29 is 19.8 Å². The van der Waals surface area contributed by atoms with Gasteiger partial charge in [0.1, 0.15) is 5.75 Å². The number of thioether (sulfide) groups is 1. The summed E-state index contributed by atoms with van der Waals surface area (Å²) in [7, 11) is 0. The maximum Gasteiger partial charge on any atom is 0.335 e. The maximum atomic E-state index is 12.6. The average Bonchev–Trinajstić information content (AvgIpc) is 2.93. The maximum absolute atomic E-state index is 12.6. The van der Waals surface area contributed by atoms with Crippen molar-refractivity contribution in [2.45, 2.75) is 6.92 Å². The summed E-state index contributed by atoms with van der Waals surface area (Å²) >= 11 is 7.11. The van der Waals surface area contributed by atoms with E-state index >= 15 is 0 Å². The number of likely N-dealkylation sites (N-methyl/N-ethyl adjacent to an activating group) is 1. The third kappa shape index (κ3) is 4.15. The van der Waals surface area contributed by atoms with Crippen LogP contribution in [0, 0.1) is 0 Å². The molecule has 2 N–H and O–H groups in total. The topological polar surface area (TPSA) is 90.2 Å². The second-order valence-electron chi connectivity index (χ2n) is 5.62. The molecule has 1 amide bonds. The minimum absolute atomic E-state index is 0.0278. The predicted molar refractivity (Wildman–Crippen MR) is 107 cm³/mol. The predicted octanol–water partition coefficient (Wildman–Crippen LogP) is 4.37. The highest BCUT2D eigenvalue weighted by Gasteiger charge is 2.32. The van der Waals surface area contributed by atoms with E-state index in [1.54, 1.807) is 30.3 Å². The van der Waals surface area contributed by atoms with Crippen LogP contribution < -0.4 is 0 Å². The Labute approximate surface area is 164 Å². The molecule has 0 atom stereocenters. The highest BCUT2D eigenvalue weighted by atomic mass is 35.5. The number of phenolic OH excluding ortho intramolecular Hbond substituents is 1. The van der Waals surface area contributed by atoms with Gasteiger partial charge in [-0.25, -0.2) is 9.79 Å². The Morgan fingerprint density at radius 1 is 1.30 bits per heavy atom. The first-order valence-corrected chi connectivity index (χ1v) is 9.20. The van der Waals surface area contributed by atoms with E-state index in [1.807, 2.05) is 6.92 Å². The van der Waals surface area contributed by atoms with Crippen molar-refractivity contribution >= 4 is 52.2 Å². The number of aromatic hydroxyl groups is 1. The number of rotatable bonds is 4. The number of carboxylic acid groups (broad SMARTS) is 1. The molecule has 1 fully saturated rings. The molecule has 0 saturated carbocycles. The molecule has 2 aromatic carbocycles. The van der Waals surface area contributed by atoms with Crippen LogP contribution in [0.3, 0.4) is 0 Å². The van der Waals surface area contributed by atoms with Crippen LogP contribution in [0.1, 0.15) is 22.8 Å². The van der Waals surface area contributed by atoms with Gasteiger partial charge in [-0.1, -0.05) is 23.7 Å². The molecule has 8 heteroatoms. The van der Waals surface area contributed by atoms with Gasteiger partial charge < -0.3 is 10.2 Å². The highest BCUT2D eigenvalue weighted by Crippen LogP contribution is 2.35. The van der Waals surface area contributed by atoms with Crippen molar-refractivity contribution in [3.8, 4) is 5.75 Å². The Balaban J connectivity index is 1.94. The Kier molecular flexibility index (Phi) is 5.53. The zero-order valence-electron chi connectivity index (χ0n) is 14.2. The smallest absolute Gasteiger partial charge is 0.335 e. The fourth-order valence-electron chi connectivity index (χ4n) is 2.45. The molecular weight excluding hydrogens is 388 g/mol. The van der Waals surface area contributed by atoms with E-state index in [2.05, 4.69) is 4.99 Å². The summed E-state index contributed by atoms with van der Waals surface area (Å²) < 4.78 is 0. The fraction of sp³-hybridized carbons (Fsp3) is 0.105. The van der Waals surface area contributed by atoms with Crippen LogP contribution >= 0.6 is 23.4 Å². The molecule has 0 spiro atoms. The lowest BCUT2D eigenvalue weighted by Crippen LogP contribution is -2.28. The lowest BCUT2D eigenvalue weighted by molar-refractivity contribution is -0.122. The number of amides is 1. The van der Waals surface area contributed by atoms with Gasteiger partial charge in [-0.3, -0.25) is 9.69 Å². The number of carbonyl (C=O) groups excluding carboxylic acids is 1. The molecule has 1 aliphatic rings. The van der Waals surface area contributed by atoms with Crippen LogP contribution in [0.15, 0.2) is 52.4 Å². The number of halogens is 1. The molecule has 0 bridgehead atoms. The minimum atomic E-state index is -1.04. The van der Waals surface area contributed by atoms with Gasteiger partial charge in [0, 0.05) is 6.54 Å². The lowest BCUT2D eigenvalue weighted by atomic mass is 10.2. The summed E-state index contributed by atoms with van der Waals surface area (Å²) in [6, 6.07) is 10.9. The molecule has 0 radical (unpaired) electrons. The molecule has 1 aliphatic heterocycles. The van der Waals surface area contributed by atoms with E-state index in [-0.39, 0.29) is 22.2 Å². The molecule has 2 aromatic rings. The van der Waals surface area contributed by atoms with Gasteiger partial charge in [-0.15, -0.1) is 0 Å². The van der Waals surface area contributed by atoms with Crippen LogP contribution in [0.25, 0.3) is 6.08 Å². The molecule has 1 saturated heterocycles. The van der Waals surface area contributed by atoms with Crippen LogP contribution in [0.2, 0.25) is 5.02 Å². The fourth-order valence-corrected chi connectivity index (χ4v) is 3.70. The first-order valence-electron chi connectivity index (χ1n) is 8.01. The number of benzene rings is 2. The van der Waals surface area contributed by atoms with Crippen LogP contribution in [0.5, 0.6) is 5.75 Å². The minimum Gasteiger partial charge on any atom is -0.506 e. The van der Waals surface area contributed by atoms with Gasteiger partial charge in [0.15, 0.2) is 5.17 Å². The van der Waals surface area contributed by atoms with Crippen molar-refractivity contribution in [3.05, 3.63) is 63.5 Å². The van der Waals surface area contributed by atoms with E-state index in [1.165, 1.54) is 34.9 Å². The molecule has 0 aliphatic carbocycles. The SMILES string of the molecule is CCN1C(=O)C(=Cc2ccc(O)c(Cl)c2)SC1=Nc1cccc(C(=O)O)c1. The number of amidine groups is 1. The average molecular weight is 403 g/mol. The van der Waals surface area contributed by atoms with Gasteiger partial charge in [-0.05, 0) is 60.7 Å². The number of aromatic carboxylic acids is 1. The standard InChI is InChI=1S/C19H15ClN2O4S/c1-2-22-17(24)16(9-11-6-7-15(23)14(20)8-11)27-19(22)21-13-5-3-4-12(10-13)18(25)26/h3-10,23H,2H2,1H3,(H,25,26). The van der Waals surface area contributed by atoms with Crippen molar-refractivity contribution in [3.63, 3.8) is 0 Å². The molecule has 1 heterocycles. The number of hydrogen-bond acceptors (Lipinski definition) is 5. The van der Waals surface area contributed by atoms with Crippen molar-refractivity contribution in [1.29, 1.82) is 0 Å². The monoisotopic (exact) mass is 402 g/mol. The second kappa shape index (κ2) is 7.85. The first-order chi connectivity index (χ1) is 12.9. The van der Waals surface area contributed by atoms with E-state index < -0.39 is 5.97 Å². The van der Waals surface area contributed by atoms with Crippen molar-refractivity contribution in [2.24, 2.45) is 4.99 Å². The van der Waals surface area contributed by atoms with E-state index in [9.17, 15) is 14.7 Å². The summed E-state index contributed by atoms with van der Waals surface area (Å²) in [4.78, 5) is 30.2. The number of nitrogens with zero attached hydrogens (tertiary/aromatic N) is 2. The number of aliphatic imine (C=N–C) groups is 1. The molecule has 3 rings (SSSR count). The highest BCUT2D eigenvalue weighted by molar-refractivity contribution is 8.18. The van der Waals surface area contributed by atoms with Crippen LogP contribution in [-0.4, -0.2) is 38.7 Å². The van der Waals surface area contributed by atoms with Crippen LogP contribution in [-0.2, 0) is 4.79 Å². The van der Waals surface area contributed by atoms with Gasteiger partial charge in [-0.2, -0.15) is 0 Å². The third-order valence-electron chi connectivity index (χ3n) is 3.79. The summed E-state index contributed by atoms with van der Waals surface area (Å²) in [6.07, 6.45) is 1.68. The Hall–Kier alpha value is -2.77. The number of phenols is 1. The Morgan fingerprint density at radius 2 is 2.07 bits per heavy atom. The molecule has 138 valence electrons. The molecular formula is C19H15ClN2O4S. The number of carboxylic acids is 1. The van der Waals surface area contributed by atoms with Gasteiger partial charge in [0.05, 0.1) is 21.2 Å². The van der Waals surface area contributed by atoms with Gasteiger partial charge in [0.25, 0.3) is 5.91 Å². The zero-order valence-corrected chi connectivity index (χ0v) is 15.8. The summed E-state index contributed by atoms with van der Waals surface area (Å²) in [5.41, 5.74) is 1.26. The second-order valence-corrected chi connectivity index (χ2v) is 7.04. The normalized spacial score (nSPS) is 17.1. The zero-order chi connectivity index (χ0) is 19.6. The van der Waals surface area contributed by atoms with Gasteiger partial charge in [0.2, 0.25) is 0 Å². The molecule has 6 nitrogen and oxygen atoms in total. The van der Waals surface area contributed by atoms with Crippen LogP contribution in [0.4, 0.5) is 5.69 Å². The number of hydrogen-bond donors (Lipinski definition) is 2. The van der Waals surface area contributed by atoms with E-state index in [0.717, 1.165) is 0 Å². The van der Waals surface area contributed by atoms with Crippen molar-refractivity contribution in [1.82, 2.24) is 4.90 Å².